The van der Waals surface area contributed by atoms with E-state index in [2.05, 4.69) is 10.3 Å². The van der Waals surface area contributed by atoms with Crippen molar-refractivity contribution < 1.29 is 23.5 Å². The van der Waals surface area contributed by atoms with Gasteiger partial charge in [-0.2, -0.15) is 0 Å². The van der Waals surface area contributed by atoms with E-state index in [0.29, 0.717) is 47.3 Å². The number of carbonyl (C=O) groups is 2. The third-order valence-electron chi connectivity index (χ3n) is 5.42. The van der Waals surface area contributed by atoms with E-state index in [-0.39, 0.29) is 17.6 Å². The van der Waals surface area contributed by atoms with Crippen LogP contribution in [-0.2, 0) is 4.79 Å². The lowest BCUT2D eigenvalue weighted by Crippen LogP contribution is -2.43. The molecule has 0 bridgehead atoms. The van der Waals surface area contributed by atoms with E-state index < -0.39 is 11.9 Å². The first-order valence-corrected chi connectivity index (χ1v) is 11.5. The molecule has 1 atom stereocenters. The van der Waals surface area contributed by atoms with Crippen molar-refractivity contribution in [2.45, 2.75) is 25.8 Å². The number of amides is 2. The molecule has 1 unspecified atom stereocenters. The molecule has 1 aromatic heterocycles. The number of halogens is 1. The Morgan fingerprint density at radius 2 is 2.06 bits per heavy atom. The third kappa shape index (κ3) is 4.83. The first-order chi connectivity index (χ1) is 16.0. The monoisotopic (exact) mass is 469 g/mol. The number of hydrogen-bond acceptors (Lipinski definition) is 6. The van der Waals surface area contributed by atoms with Crippen LogP contribution in [0.3, 0.4) is 0 Å². The summed E-state index contributed by atoms with van der Waals surface area (Å²) < 4.78 is 24.6. The summed E-state index contributed by atoms with van der Waals surface area (Å²) in [7, 11) is 1.40. The van der Waals surface area contributed by atoms with Crippen LogP contribution in [0.4, 0.5) is 9.52 Å². The minimum absolute atomic E-state index is 0.152. The molecule has 1 N–H and O–H groups in total. The zero-order valence-electron chi connectivity index (χ0n) is 18.3. The lowest BCUT2D eigenvalue weighted by atomic mass is 10.1. The summed E-state index contributed by atoms with van der Waals surface area (Å²) in [5, 5.41) is 4.94. The first kappa shape index (κ1) is 22.7. The smallest absolute Gasteiger partial charge is 0.258 e. The maximum Gasteiger partial charge on any atom is 0.258 e. The van der Waals surface area contributed by atoms with Crippen LogP contribution in [0.25, 0.3) is 11.3 Å². The standard InChI is InChI=1S/C24H24FN3O4S/c1-3-32-20-9-5-4-7-16(20)23(30)28-12-6-8-19(28)22(29)27-24-26-18(14-33-24)15-10-11-21(31-2)17(25)13-15/h4-5,7,9-11,13-14,19H,3,6,8,12H2,1-2H3,(H,26,27,29). The molecule has 1 saturated heterocycles. The molecular weight excluding hydrogens is 445 g/mol. The van der Waals surface area contributed by atoms with Crippen molar-refractivity contribution in [3.63, 3.8) is 0 Å². The van der Waals surface area contributed by atoms with Crippen LogP contribution < -0.4 is 14.8 Å². The average molecular weight is 470 g/mol. The molecule has 0 saturated carbocycles. The van der Waals surface area contributed by atoms with Gasteiger partial charge in [-0.15, -0.1) is 11.3 Å². The molecular formula is C24H24FN3O4S. The number of carbonyl (C=O) groups excluding carboxylic acids is 2. The highest BCUT2D eigenvalue weighted by Crippen LogP contribution is 2.30. The van der Waals surface area contributed by atoms with Crippen LogP contribution in [0, 0.1) is 5.82 Å². The predicted octanol–water partition coefficient (Wildman–Crippen LogP) is 4.60. The number of para-hydroxylation sites is 1. The topological polar surface area (TPSA) is 80.8 Å². The molecule has 2 amide bonds. The van der Waals surface area contributed by atoms with Gasteiger partial charge in [-0.25, -0.2) is 9.37 Å². The summed E-state index contributed by atoms with van der Waals surface area (Å²) in [6, 6.07) is 11.0. The number of nitrogens with one attached hydrogen (secondary N) is 1. The zero-order valence-corrected chi connectivity index (χ0v) is 19.2. The van der Waals surface area contributed by atoms with E-state index in [4.69, 9.17) is 9.47 Å². The lowest BCUT2D eigenvalue weighted by molar-refractivity contribution is -0.119. The fraction of sp³-hybridized carbons (Fsp3) is 0.292. The van der Waals surface area contributed by atoms with Gasteiger partial charge in [-0.3, -0.25) is 9.59 Å². The van der Waals surface area contributed by atoms with E-state index in [0.717, 1.165) is 6.42 Å². The summed E-state index contributed by atoms with van der Waals surface area (Å²) in [6.45, 7) is 2.79. The molecule has 4 rings (SSSR count). The molecule has 7 nitrogen and oxygen atoms in total. The normalized spacial score (nSPS) is 15.4. The number of methoxy groups -OCH3 is 1. The van der Waals surface area contributed by atoms with Gasteiger partial charge in [0.15, 0.2) is 16.7 Å². The van der Waals surface area contributed by atoms with Gasteiger partial charge < -0.3 is 19.7 Å². The third-order valence-corrected chi connectivity index (χ3v) is 6.17. The molecule has 9 heteroatoms. The van der Waals surface area contributed by atoms with E-state index in [1.54, 1.807) is 34.5 Å². The van der Waals surface area contributed by atoms with Gasteiger partial charge in [0.2, 0.25) is 5.91 Å². The second-order valence-electron chi connectivity index (χ2n) is 7.46. The molecule has 0 spiro atoms. The number of aromatic nitrogens is 1. The Morgan fingerprint density at radius 3 is 2.82 bits per heavy atom. The largest absolute Gasteiger partial charge is 0.494 e. The Kier molecular flexibility index (Phi) is 6.88. The quantitative estimate of drug-likeness (QED) is 0.547. The van der Waals surface area contributed by atoms with Gasteiger partial charge >= 0.3 is 0 Å². The molecule has 3 aromatic rings. The minimum atomic E-state index is -0.599. The number of benzene rings is 2. The van der Waals surface area contributed by atoms with Crippen molar-refractivity contribution >= 4 is 28.3 Å². The van der Waals surface area contributed by atoms with Crippen LogP contribution in [-0.4, -0.2) is 48.0 Å². The second kappa shape index (κ2) is 9.99. The number of hydrogen-bond donors (Lipinski definition) is 1. The van der Waals surface area contributed by atoms with Gasteiger partial charge in [0.25, 0.3) is 5.91 Å². The van der Waals surface area contributed by atoms with Crippen molar-refractivity contribution in [2.24, 2.45) is 0 Å². The number of thiazole rings is 1. The SMILES string of the molecule is CCOc1ccccc1C(=O)N1CCCC1C(=O)Nc1nc(-c2ccc(OC)c(F)c2)cs1. The van der Waals surface area contributed by atoms with Crippen molar-refractivity contribution in [1.82, 2.24) is 9.88 Å². The number of nitrogens with zero attached hydrogens (tertiary/aromatic N) is 2. The fourth-order valence-corrected chi connectivity index (χ4v) is 4.56. The van der Waals surface area contributed by atoms with Crippen molar-refractivity contribution in [1.29, 1.82) is 0 Å². The van der Waals surface area contributed by atoms with Crippen LogP contribution in [0.5, 0.6) is 11.5 Å². The molecule has 0 aliphatic carbocycles. The summed E-state index contributed by atoms with van der Waals surface area (Å²) in [5.41, 5.74) is 1.56. The van der Waals surface area contributed by atoms with Gasteiger partial charge in [0.05, 0.1) is 25.0 Å². The average Bonchev–Trinajstić information content (AvgIpc) is 3.49. The number of anilines is 1. The summed E-state index contributed by atoms with van der Waals surface area (Å²) in [6.07, 6.45) is 1.30. The number of likely N-dealkylation sites (tertiary alicyclic amines) is 1. The first-order valence-electron chi connectivity index (χ1n) is 10.6. The van der Waals surface area contributed by atoms with Crippen LogP contribution in [0.2, 0.25) is 0 Å². The van der Waals surface area contributed by atoms with Crippen LogP contribution >= 0.6 is 11.3 Å². The maximum atomic E-state index is 14.0. The Balaban J connectivity index is 1.47. The van der Waals surface area contributed by atoms with E-state index in [9.17, 15) is 14.0 Å². The van der Waals surface area contributed by atoms with Crippen LogP contribution in [0.15, 0.2) is 47.8 Å². The maximum absolute atomic E-state index is 14.0. The molecule has 0 radical (unpaired) electrons. The lowest BCUT2D eigenvalue weighted by Gasteiger charge is -2.24. The molecule has 1 fully saturated rings. The highest BCUT2D eigenvalue weighted by molar-refractivity contribution is 7.14. The summed E-state index contributed by atoms with van der Waals surface area (Å²) in [4.78, 5) is 32.2. The number of ether oxygens (including phenoxy) is 2. The summed E-state index contributed by atoms with van der Waals surface area (Å²) in [5.74, 6) is -0.352. The molecule has 1 aliphatic rings. The molecule has 172 valence electrons. The van der Waals surface area contributed by atoms with Crippen LogP contribution in [0.1, 0.15) is 30.1 Å². The fourth-order valence-electron chi connectivity index (χ4n) is 3.84. The Morgan fingerprint density at radius 1 is 1.24 bits per heavy atom. The van der Waals surface area contributed by atoms with Crippen molar-refractivity contribution in [3.8, 4) is 22.8 Å². The van der Waals surface area contributed by atoms with Gasteiger partial charge in [-0.1, -0.05) is 12.1 Å². The second-order valence-corrected chi connectivity index (χ2v) is 8.32. The molecule has 33 heavy (non-hydrogen) atoms. The van der Waals surface area contributed by atoms with E-state index in [1.165, 1.54) is 30.6 Å². The highest BCUT2D eigenvalue weighted by Gasteiger charge is 2.35. The predicted molar refractivity (Wildman–Crippen MR) is 124 cm³/mol. The summed E-state index contributed by atoms with van der Waals surface area (Å²) >= 11 is 1.24. The molecule has 2 aromatic carbocycles. The van der Waals surface area contributed by atoms with E-state index in [1.807, 2.05) is 13.0 Å². The Bertz CT molecular complexity index is 1170. The van der Waals surface area contributed by atoms with Gasteiger partial charge in [0.1, 0.15) is 11.8 Å². The Hall–Kier alpha value is -3.46. The highest BCUT2D eigenvalue weighted by atomic mass is 32.1. The van der Waals surface area contributed by atoms with Gasteiger partial charge in [-0.05, 0) is 50.1 Å². The minimum Gasteiger partial charge on any atom is -0.494 e. The molecule has 1 aliphatic heterocycles. The molecule has 2 heterocycles. The zero-order chi connectivity index (χ0) is 23.4. The van der Waals surface area contributed by atoms with Crippen molar-refractivity contribution in [3.05, 3.63) is 59.2 Å². The Labute approximate surface area is 195 Å². The van der Waals surface area contributed by atoms with Crippen molar-refractivity contribution in [2.75, 3.05) is 25.6 Å². The van der Waals surface area contributed by atoms with Gasteiger partial charge in [0, 0.05) is 17.5 Å². The number of rotatable bonds is 7. The van der Waals surface area contributed by atoms with E-state index >= 15 is 0 Å².